The van der Waals surface area contributed by atoms with Crippen LogP contribution in [0.3, 0.4) is 0 Å². The molecule has 1 aromatic carbocycles. The molecule has 0 saturated carbocycles. The SMILES string of the molecule is CC(C)n1ncc2cc(NC(=O)[C@H]3Cc4ccccc4CN3)cnc21. The number of aromatic nitrogens is 3. The Morgan fingerprint density at radius 3 is 2.88 bits per heavy atom. The molecule has 0 radical (unpaired) electrons. The summed E-state index contributed by atoms with van der Waals surface area (Å²) >= 11 is 0. The van der Waals surface area contributed by atoms with Gasteiger partial charge in [0.15, 0.2) is 5.65 Å². The first-order chi connectivity index (χ1) is 12.1. The van der Waals surface area contributed by atoms with Crippen molar-refractivity contribution in [2.45, 2.75) is 38.9 Å². The van der Waals surface area contributed by atoms with Gasteiger partial charge in [-0.15, -0.1) is 0 Å². The lowest BCUT2D eigenvalue weighted by molar-refractivity contribution is -0.118. The zero-order valence-electron chi connectivity index (χ0n) is 14.4. The van der Waals surface area contributed by atoms with Gasteiger partial charge in [0.05, 0.1) is 24.1 Å². The summed E-state index contributed by atoms with van der Waals surface area (Å²) in [5.74, 6) is -0.0353. The third kappa shape index (κ3) is 3.00. The summed E-state index contributed by atoms with van der Waals surface area (Å²) in [6, 6.07) is 10.2. The molecule has 2 N–H and O–H groups in total. The van der Waals surface area contributed by atoms with E-state index in [1.54, 1.807) is 12.4 Å². The molecular formula is C19H21N5O. The maximum atomic E-state index is 12.6. The Morgan fingerprint density at radius 1 is 1.28 bits per heavy atom. The van der Waals surface area contributed by atoms with Crippen molar-refractivity contribution in [1.29, 1.82) is 0 Å². The second-order valence-electron chi connectivity index (χ2n) is 6.72. The average molecular weight is 335 g/mol. The molecule has 0 fully saturated rings. The van der Waals surface area contributed by atoms with Crippen molar-refractivity contribution in [3.63, 3.8) is 0 Å². The van der Waals surface area contributed by atoms with Crippen LogP contribution in [0, 0.1) is 0 Å². The second-order valence-corrected chi connectivity index (χ2v) is 6.72. The van der Waals surface area contributed by atoms with Crippen LogP contribution in [-0.2, 0) is 17.8 Å². The Morgan fingerprint density at radius 2 is 2.08 bits per heavy atom. The van der Waals surface area contributed by atoms with Crippen molar-refractivity contribution in [2.75, 3.05) is 5.32 Å². The molecule has 25 heavy (non-hydrogen) atoms. The fourth-order valence-corrected chi connectivity index (χ4v) is 3.26. The van der Waals surface area contributed by atoms with E-state index >= 15 is 0 Å². The molecule has 0 aliphatic carbocycles. The average Bonchev–Trinajstić information content (AvgIpc) is 3.04. The highest BCUT2D eigenvalue weighted by atomic mass is 16.2. The Balaban J connectivity index is 1.50. The molecule has 4 rings (SSSR count). The van der Waals surface area contributed by atoms with Crippen LogP contribution in [0.5, 0.6) is 0 Å². The van der Waals surface area contributed by atoms with Gasteiger partial charge < -0.3 is 10.6 Å². The molecule has 0 saturated heterocycles. The summed E-state index contributed by atoms with van der Waals surface area (Å²) in [6.07, 6.45) is 4.17. The predicted molar refractivity (Wildman–Crippen MR) is 97.3 cm³/mol. The van der Waals surface area contributed by atoms with Gasteiger partial charge in [0.1, 0.15) is 0 Å². The van der Waals surface area contributed by atoms with E-state index in [0.29, 0.717) is 18.7 Å². The molecule has 1 aliphatic rings. The topological polar surface area (TPSA) is 71.8 Å². The number of fused-ring (bicyclic) bond motifs is 2. The lowest BCUT2D eigenvalue weighted by Crippen LogP contribution is -2.44. The largest absolute Gasteiger partial charge is 0.323 e. The summed E-state index contributed by atoms with van der Waals surface area (Å²) in [4.78, 5) is 17.1. The van der Waals surface area contributed by atoms with Gasteiger partial charge in [0.2, 0.25) is 5.91 Å². The minimum absolute atomic E-state index is 0.0353. The Kier molecular flexibility index (Phi) is 3.97. The van der Waals surface area contributed by atoms with Crippen LogP contribution in [0.4, 0.5) is 5.69 Å². The smallest absolute Gasteiger partial charge is 0.241 e. The minimum Gasteiger partial charge on any atom is -0.323 e. The number of carbonyl (C=O) groups is 1. The number of hydrogen-bond donors (Lipinski definition) is 2. The fraction of sp³-hybridized carbons (Fsp3) is 0.316. The third-order valence-electron chi connectivity index (χ3n) is 4.59. The number of rotatable bonds is 3. The Bertz CT molecular complexity index is 930. The van der Waals surface area contributed by atoms with Gasteiger partial charge in [-0.2, -0.15) is 5.10 Å². The van der Waals surface area contributed by atoms with E-state index in [1.165, 1.54) is 11.1 Å². The summed E-state index contributed by atoms with van der Waals surface area (Å²) in [5, 5.41) is 11.6. The highest BCUT2D eigenvalue weighted by Crippen LogP contribution is 2.20. The van der Waals surface area contributed by atoms with Gasteiger partial charge in [0.25, 0.3) is 0 Å². The monoisotopic (exact) mass is 335 g/mol. The number of pyridine rings is 1. The van der Waals surface area contributed by atoms with E-state index in [4.69, 9.17) is 0 Å². The number of carbonyl (C=O) groups excluding carboxylic acids is 1. The van der Waals surface area contributed by atoms with Crippen LogP contribution in [-0.4, -0.2) is 26.7 Å². The maximum Gasteiger partial charge on any atom is 0.241 e. The molecule has 1 atom stereocenters. The first-order valence-electron chi connectivity index (χ1n) is 8.56. The number of amides is 1. The molecule has 0 spiro atoms. The molecule has 128 valence electrons. The Labute approximate surface area is 146 Å². The first-order valence-corrected chi connectivity index (χ1v) is 8.56. The number of anilines is 1. The van der Waals surface area contributed by atoms with E-state index in [9.17, 15) is 4.79 Å². The van der Waals surface area contributed by atoms with Crippen molar-refractivity contribution in [3.05, 3.63) is 53.9 Å². The van der Waals surface area contributed by atoms with E-state index in [1.807, 2.05) is 22.9 Å². The van der Waals surface area contributed by atoms with Crippen molar-refractivity contribution in [3.8, 4) is 0 Å². The highest BCUT2D eigenvalue weighted by molar-refractivity contribution is 5.96. The van der Waals surface area contributed by atoms with Gasteiger partial charge in [-0.1, -0.05) is 24.3 Å². The number of nitrogens with zero attached hydrogens (tertiary/aromatic N) is 3. The lowest BCUT2D eigenvalue weighted by Gasteiger charge is -2.25. The van der Waals surface area contributed by atoms with E-state index in [0.717, 1.165) is 11.0 Å². The number of nitrogens with one attached hydrogen (secondary N) is 2. The molecule has 0 bridgehead atoms. The first kappa shape index (κ1) is 15.8. The molecule has 2 aromatic heterocycles. The van der Waals surface area contributed by atoms with Gasteiger partial charge in [0, 0.05) is 18.0 Å². The van der Waals surface area contributed by atoms with Crippen molar-refractivity contribution in [1.82, 2.24) is 20.1 Å². The number of hydrogen-bond acceptors (Lipinski definition) is 4. The van der Waals surface area contributed by atoms with E-state index < -0.39 is 0 Å². The zero-order chi connectivity index (χ0) is 17.4. The molecule has 1 amide bonds. The van der Waals surface area contributed by atoms with Crippen molar-refractivity contribution < 1.29 is 4.79 Å². The van der Waals surface area contributed by atoms with Gasteiger partial charge in [-0.05, 0) is 37.5 Å². The molecule has 6 heteroatoms. The third-order valence-corrected chi connectivity index (χ3v) is 4.59. The molecule has 1 aliphatic heterocycles. The Hall–Kier alpha value is -2.73. The second kappa shape index (κ2) is 6.29. The minimum atomic E-state index is -0.232. The van der Waals surface area contributed by atoms with Gasteiger partial charge in [-0.3, -0.25) is 4.79 Å². The van der Waals surface area contributed by atoms with Gasteiger partial charge in [-0.25, -0.2) is 9.67 Å². The molecule has 3 heterocycles. The van der Waals surface area contributed by atoms with Crippen LogP contribution in [0.2, 0.25) is 0 Å². The fourth-order valence-electron chi connectivity index (χ4n) is 3.26. The van der Waals surface area contributed by atoms with Gasteiger partial charge >= 0.3 is 0 Å². The normalized spacial score (nSPS) is 16.8. The molecule has 6 nitrogen and oxygen atoms in total. The van der Waals surface area contributed by atoms with Crippen molar-refractivity contribution in [2.24, 2.45) is 0 Å². The summed E-state index contributed by atoms with van der Waals surface area (Å²) in [7, 11) is 0. The molecule has 3 aromatic rings. The zero-order valence-corrected chi connectivity index (χ0v) is 14.4. The van der Waals surface area contributed by atoms with Crippen LogP contribution in [0.15, 0.2) is 42.7 Å². The summed E-state index contributed by atoms with van der Waals surface area (Å²) < 4.78 is 1.88. The van der Waals surface area contributed by atoms with E-state index in [2.05, 4.69) is 46.7 Å². The molecular weight excluding hydrogens is 314 g/mol. The summed E-state index contributed by atoms with van der Waals surface area (Å²) in [6.45, 7) is 4.85. The lowest BCUT2D eigenvalue weighted by atomic mass is 9.95. The van der Waals surface area contributed by atoms with Crippen LogP contribution >= 0.6 is 0 Å². The predicted octanol–water partition coefficient (Wildman–Crippen LogP) is 2.67. The number of benzene rings is 1. The summed E-state index contributed by atoms with van der Waals surface area (Å²) in [5.41, 5.74) is 4.02. The molecule has 0 unspecified atom stereocenters. The van der Waals surface area contributed by atoms with Crippen LogP contribution < -0.4 is 10.6 Å². The van der Waals surface area contributed by atoms with Crippen LogP contribution in [0.1, 0.15) is 31.0 Å². The maximum absolute atomic E-state index is 12.6. The van der Waals surface area contributed by atoms with Crippen LogP contribution in [0.25, 0.3) is 11.0 Å². The van der Waals surface area contributed by atoms with E-state index in [-0.39, 0.29) is 18.0 Å². The van der Waals surface area contributed by atoms with Crippen molar-refractivity contribution >= 4 is 22.6 Å². The highest BCUT2D eigenvalue weighted by Gasteiger charge is 2.24. The quantitative estimate of drug-likeness (QED) is 0.772. The standard InChI is InChI=1S/C19H21N5O/c1-12(2)24-18-15(10-22-24)7-16(11-21-18)23-19(25)17-8-13-5-3-4-6-14(13)9-20-17/h3-7,10-12,17,20H,8-9H2,1-2H3,(H,23,25)/t17-/m1/s1.